The molecule has 0 radical (unpaired) electrons. The van der Waals surface area contributed by atoms with Crippen LogP contribution in [0.1, 0.15) is 46.0 Å². The Morgan fingerprint density at radius 2 is 2.17 bits per heavy atom. The molecule has 0 aromatic rings. The second kappa shape index (κ2) is 6.02. The zero-order valence-electron chi connectivity index (χ0n) is 8.51. The summed E-state index contributed by atoms with van der Waals surface area (Å²) in [6.45, 7) is 5.68. The molecule has 0 spiro atoms. The molecular weight excluding hydrogens is 163 g/mol. The fourth-order valence-electron chi connectivity index (χ4n) is 2.16. The number of hydrogen-bond acceptors (Lipinski definition) is 1. The van der Waals surface area contributed by atoms with Crippen molar-refractivity contribution in [2.45, 2.75) is 56.0 Å². The molecule has 1 saturated heterocycles. The summed E-state index contributed by atoms with van der Waals surface area (Å²) in [7, 11) is 0. The van der Waals surface area contributed by atoms with Crippen LogP contribution in [0.15, 0.2) is 0 Å². The van der Waals surface area contributed by atoms with Gasteiger partial charge in [0, 0.05) is 6.61 Å². The number of hydrogen-bond donors (Lipinski definition) is 0. The van der Waals surface area contributed by atoms with Gasteiger partial charge < -0.3 is 3.79 Å². The molecule has 0 N–H and O–H groups in total. The van der Waals surface area contributed by atoms with Gasteiger partial charge in [0.05, 0.1) is 0 Å². The Hall–Kier alpha value is 0.492. The van der Waals surface area contributed by atoms with Crippen molar-refractivity contribution in [3.63, 3.8) is 0 Å². The largest absolute Gasteiger partial charge is 0.500 e. The van der Waals surface area contributed by atoms with Crippen LogP contribution in [-0.2, 0) is 3.79 Å². The Labute approximate surface area is 81.2 Å². The SMILES string of the molecule is CCC[CH](CC)[Al]1[CH2]CCC[O]1. The van der Waals surface area contributed by atoms with Crippen LogP contribution in [0.4, 0.5) is 0 Å². The highest BCUT2D eigenvalue weighted by molar-refractivity contribution is 6.53. The summed E-state index contributed by atoms with van der Waals surface area (Å²) < 4.78 is 6.89. The van der Waals surface area contributed by atoms with Gasteiger partial charge >= 0.3 is 14.5 Å². The smallest absolute Gasteiger partial charge is 0.464 e. The van der Waals surface area contributed by atoms with Gasteiger partial charge in [0.1, 0.15) is 0 Å². The molecule has 1 atom stereocenters. The summed E-state index contributed by atoms with van der Waals surface area (Å²) in [6, 6.07) is 0. The summed E-state index contributed by atoms with van der Waals surface area (Å²) in [5.74, 6) is 0. The molecule has 0 aliphatic carbocycles. The highest BCUT2D eigenvalue weighted by atomic mass is 27.2. The second-order valence-electron chi connectivity index (χ2n) is 3.86. The Bertz CT molecular complexity index is 108. The molecule has 1 aliphatic rings. The van der Waals surface area contributed by atoms with E-state index in [-0.39, 0.29) is 0 Å². The topological polar surface area (TPSA) is 9.23 Å². The average molecular weight is 184 g/mol. The van der Waals surface area contributed by atoms with Gasteiger partial charge in [-0.05, 0) is 6.42 Å². The van der Waals surface area contributed by atoms with E-state index in [0.717, 1.165) is 11.4 Å². The van der Waals surface area contributed by atoms with Crippen LogP contribution in [0.25, 0.3) is 0 Å². The van der Waals surface area contributed by atoms with Gasteiger partial charge in [0.2, 0.25) is 0 Å². The van der Waals surface area contributed by atoms with Gasteiger partial charge in [0.25, 0.3) is 0 Å². The van der Waals surface area contributed by atoms with E-state index in [4.69, 9.17) is 3.79 Å². The molecule has 1 nitrogen and oxygen atoms in total. The quantitative estimate of drug-likeness (QED) is 0.609. The van der Waals surface area contributed by atoms with Crippen LogP contribution in [0.3, 0.4) is 0 Å². The van der Waals surface area contributed by atoms with E-state index in [2.05, 4.69) is 13.8 Å². The van der Waals surface area contributed by atoms with Gasteiger partial charge in [-0.3, -0.25) is 0 Å². The van der Waals surface area contributed by atoms with Gasteiger partial charge in [-0.1, -0.05) is 49.6 Å². The van der Waals surface area contributed by atoms with Crippen LogP contribution in [-0.4, -0.2) is 21.1 Å². The Kier molecular flexibility index (Phi) is 5.31. The maximum Gasteiger partial charge on any atom is 0.464 e. The molecule has 0 amide bonds. The predicted octanol–water partition coefficient (Wildman–Crippen LogP) is 3.37. The van der Waals surface area contributed by atoms with Gasteiger partial charge in [-0.2, -0.15) is 0 Å². The third kappa shape index (κ3) is 3.09. The molecule has 0 aromatic carbocycles. The molecule has 0 bridgehead atoms. The molecule has 0 aromatic heterocycles. The van der Waals surface area contributed by atoms with Crippen molar-refractivity contribution in [1.29, 1.82) is 0 Å². The molecule has 12 heavy (non-hydrogen) atoms. The van der Waals surface area contributed by atoms with E-state index < -0.39 is 14.5 Å². The molecule has 1 unspecified atom stereocenters. The fourth-order valence-corrected chi connectivity index (χ4v) is 5.46. The van der Waals surface area contributed by atoms with Crippen molar-refractivity contribution in [1.82, 2.24) is 0 Å². The third-order valence-electron chi connectivity index (χ3n) is 2.92. The van der Waals surface area contributed by atoms with Crippen molar-refractivity contribution in [3.05, 3.63) is 0 Å². The molecule has 1 fully saturated rings. The van der Waals surface area contributed by atoms with Gasteiger partial charge in [-0.25, -0.2) is 0 Å². The standard InChI is InChI=1S/C6H13.C4H8O.Al/c1-3-5-6-4-2;1-2-3-4-5;/h5H,3-4,6H2,1-2H3;1-4H2;/q;-1;+1. The molecule has 1 aliphatic heterocycles. The lowest BCUT2D eigenvalue weighted by atomic mass is 10.2. The van der Waals surface area contributed by atoms with E-state index in [9.17, 15) is 0 Å². The molecule has 1 rings (SSSR count). The third-order valence-corrected chi connectivity index (χ3v) is 6.42. The summed E-state index contributed by atoms with van der Waals surface area (Å²) in [4.78, 5) is 0. The first-order chi connectivity index (χ1) is 5.88. The summed E-state index contributed by atoms with van der Waals surface area (Å²) in [5, 5.41) is 1.44. The van der Waals surface area contributed by atoms with Crippen LogP contribution in [0, 0.1) is 0 Å². The Balaban J connectivity index is 2.29. The lowest BCUT2D eigenvalue weighted by Gasteiger charge is -2.25. The zero-order chi connectivity index (χ0) is 8.81. The zero-order valence-corrected chi connectivity index (χ0v) is 9.67. The highest BCUT2D eigenvalue weighted by Crippen LogP contribution is 2.28. The average Bonchev–Trinajstić information content (AvgIpc) is 2.15. The number of rotatable bonds is 4. The van der Waals surface area contributed by atoms with Crippen LogP contribution >= 0.6 is 0 Å². The molecule has 2 heteroatoms. The van der Waals surface area contributed by atoms with Crippen molar-refractivity contribution in [3.8, 4) is 0 Å². The van der Waals surface area contributed by atoms with Gasteiger partial charge in [-0.15, -0.1) is 0 Å². The second-order valence-corrected chi connectivity index (χ2v) is 6.79. The minimum absolute atomic E-state index is 0.759. The van der Waals surface area contributed by atoms with Crippen molar-refractivity contribution >= 4 is 14.5 Å². The lowest BCUT2D eigenvalue weighted by molar-refractivity contribution is 0.276. The van der Waals surface area contributed by atoms with E-state index in [1.165, 1.54) is 37.4 Å². The van der Waals surface area contributed by atoms with E-state index in [1.807, 2.05) is 0 Å². The fraction of sp³-hybridized carbons (Fsp3) is 1.00. The molecule has 70 valence electrons. The maximum absolute atomic E-state index is 5.92. The van der Waals surface area contributed by atoms with Crippen molar-refractivity contribution < 1.29 is 3.79 Å². The Morgan fingerprint density at radius 1 is 1.33 bits per heavy atom. The van der Waals surface area contributed by atoms with Gasteiger partial charge in [0.15, 0.2) is 0 Å². The normalized spacial score (nSPS) is 21.0. The van der Waals surface area contributed by atoms with Crippen molar-refractivity contribution in [2.24, 2.45) is 0 Å². The summed E-state index contributed by atoms with van der Waals surface area (Å²) in [6.07, 6.45) is 6.85. The first-order valence-electron chi connectivity index (χ1n) is 5.50. The van der Waals surface area contributed by atoms with Crippen molar-refractivity contribution in [2.75, 3.05) is 6.61 Å². The first kappa shape index (κ1) is 10.6. The molecule has 1 heterocycles. The first-order valence-corrected chi connectivity index (χ1v) is 7.45. The van der Waals surface area contributed by atoms with Crippen LogP contribution in [0.5, 0.6) is 0 Å². The molecular formula is C10H21AlO. The Morgan fingerprint density at radius 3 is 2.67 bits per heavy atom. The lowest BCUT2D eigenvalue weighted by Crippen LogP contribution is -2.28. The summed E-state index contributed by atoms with van der Waals surface area (Å²) in [5.41, 5.74) is 0. The minimum atomic E-state index is -0.759. The van der Waals surface area contributed by atoms with E-state index >= 15 is 0 Å². The maximum atomic E-state index is 5.92. The van der Waals surface area contributed by atoms with E-state index in [0.29, 0.717) is 0 Å². The highest BCUT2D eigenvalue weighted by Gasteiger charge is 2.30. The van der Waals surface area contributed by atoms with E-state index in [1.54, 1.807) is 0 Å². The van der Waals surface area contributed by atoms with Crippen LogP contribution in [0.2, 0.25) is 10.1 Å². The monoisotopic (exact) mass is 184 g/mol. The van der Waals surface area contributed by atoms with Crippen LogP contribution < -0.4 is 0 Å². The summed E-state index contributed by atoms with van der Waals surface area (Å²) >= 11 is -0.759. The molecule has 0 saturated carbocycles. The predicted molar refractivity (Wildman–Crippen MR) is 54.7 cm³/mol. The minimum Gasteiger partial charge on any atom is -0.500 e.